The molecule has 5 nitrogen and oxygen atoms in total. The molecule has 3 rings (SSSR count). The number of likely N-dealkylation sites (tertiary alicyclic amines) is 1. The van der Waals surface area contributed by atoms with E-state index in [9.17, 15) is 18.7 Å². The topological polar surface area (TPSA) is 64.6 Å². The van der Waals surface area contributed by atoms with Gasteiger partial charge in [-0.3, -0.25) is 4.90 Å². The van der Waals surface area contributed by atoms with Crippen LogP contribution in [0.3, 0.4) is 0 Å². The third-order valence-corrected chi connectivity index (χ3v) is 5.24. The monoisotopic (exact) mass is 403 g/mol. The normalized spacial score (nSPS) is 16.4. The first kappa shape index (κ1) is 21.2. The third-order valence-electron chi connectivity index (χ3n) is 5.24. The molecule has 29 heavy (non-hydrogen) atoms. The zero-order chi connectivity index (χ0) is 20.7. The van der Waals surface area contributed by atoms with E-state index >= 15 is 0 Å². The van der Waals surface area contributed by atoms with Crippen molar-refractivity contribution < 1.29 is 18.7 Å². The second-order valence-electron chi connectivity index (χ2n) is 7.62. The maximum atomic E-state index is 13.2. The number of hydrogen-bond donors (Lipinski definition) is 3. The Labute approximate surface area is 169 Å². The van der Waals surface area contributed by atoms with Gasteiger partial charge in [0.05, 0.1) is 5.60 Å². The second kappa shape index (κ2) is 9.80. The van der Waals surface area contributed by atoms with Crippen molar-refractivity contribution in [2.24, 2.45) is 0 Å². The number of halogens is 2. The third kappa shape index (κ3) is 6.80. The zero-order valence-corrected chi connectivity index (χ0v) is 16.3. The number of piperidine rings is 1. The molecule has 1 saturated heterocycles. The molecular formula is C22H27F2N3O2. The molecular weight excluding hydrogens is 376 g/mol. The van der Waals surface area contributed by atoms with Crippen LogP contribution in [0, 0.1) is 11.6 Å². The molecule has 7 heteroatoms. The number of nitrogens with zero attached hydrogens (tertiary/aromatic N) is 1. The van der Waals surface area contributed by atoms with E-state index in [2.05, 4.69) is 27.7 Å². The largest absolute Gasteiger partial charge is 0.388 e. The van der Waals surface area contributed by atoms with Crippen LogP contribution >= 0.6 is 0 Å². The maximum absolute atomic E-state index is 13.2. The molecule has 2 aromatic rings. The van der Waals surface area contributed by atoms with Gasteiger partial charge in [-0.05, 0) is 42.5 Å². The highest BCUT2D eigenvalue weighted by Gasteiger charge is 2.32. The van der Waals surface area contributed by atoms with Gasteiger partial charge in [0.2, 0.25) is 0 Å². The van der Waals surface area contributed by atoms with Gasteiger partial charge < -0.3 is 15.7 Å². The van der Waals surface area contributed by atoms with Gasteiger partial charge in [0.25, 0.3) is 0 Å². The quantitative estimate of drug-likeness (QED) is 0.666. The van der Waals surface area contributed by atoms with Gasteiger partial charge >= 0.3 is 6.03 Å². The Morgan fingerprint density at radius 2 is 1.66 bits per heavy atom. The average molecular weight is 403 g/mol. The summed E-state index contributed by atoms with van der Waals surface area (Å²) < 4.78 is 26.3. The molecule has 2 aromatic carbocycles. The van der Waals surface area contributed by atoms with E-state index in [1.165, 1.54) is 17.7 Å². The number of hydrogen-bond acceptors (Lipinski definition) is 3. The Balaban J connectivity index is 1.35. The molecule has 0 bridgehead atoms. The van der Waals surface area contributed by atoms with E-state index in [1.54, 1.807) is 0 Å². The van der Waals surface area contributed by atoms with E-state index < -0.39 is 23.3 Å². The summed E-state index contributed by atoms with van der Waals surface area (Å²) in [6.07, 6.45) is 1.49. The summed E-state index contributed by atoms with van der Waals surface area (Å²) in [6.45, 7) is 2.80. The van der Waals surface area contributed by atoms with Crippen molar-refractivity contribution in [2.75, 3.05) is 26.2 Å². The van der Waals surface area contributed by atoms with Crippen molar-refractivity contribution in [1.82, 2.24) is 15.5 Å². The lowest BCUT2D eigenvalue weighted by atomic mass is 9.91. The number of rotatable bonds is 7. The fourth-order valence-electron chi connectivity index (χ4n) is 3.53. The molecule has 2 amide bonds. The van der Waals surface area contributed by atoms with Crippen LogP contribution in [0.4, 0.5) is 13.6 Å². The van der Waals surface area contributed by atoms with Crippen molar-refractivity contribution >= 4 is 6.03 Å². The molecule has 1 fully saturated rings. The summed E-state index contributed by atoms with van der Waals surface area (Å²) in [5.74, 6) is -1.27. The van der Waals surface area contributed by atoms with E-state index in [0.29, 0.717) is 24.8 Å². The molecule has 0 atom stereocenters. The summed E-state index contributed by atoms with van der Waals surface area (Å²) in [6, 6.07) is 13.1. The molecule has 3 N–H and O–H groups in total. The average Bonchev–Trinajstić information content (AvgIpc) is 2.69. The number of carbonyl (C=O) groups is 1. The highest BCUT2D eigenvalue weighted by atomic mass is 19.1. The van der Waals surface area contributed by atoms with E-state index in [1.807, 2.05) is 18.2 Å². The molecule has 0 aliphatic carbocycles. The first-order chi connectivity index (χ1) is 13.9. The minimum Gasteiger partial charge on any atom is -0.388 e. The van der Waals surface area contributed by atoms with Crippen molar-refractivity contribution in [3.05, 3.63) is 71.3 Å². The number of urea groups is 1. The SMILES string of the molecule is O=C(NCCc1cc(F)cc(F)c1)NCC1(O)CCN(Cc2ccccc2)CC1. The van der Waals surface area contributed by atoms with Crippen LogP contribution in [0.5, 0.6) is 0 Å². The highest BCUT2D eigenvalue weighted by molar-refractivity contribution is 5.73. The Kier molecular flexibility index (Phi) is 7.17. The summed E-state index contributed by atoms with van der Waals surface area (Å²) in [4.78, 5) is 14.3. The summed E-state index contributed by atoms with van der Waals surface area (Å²) >= 11 is 0. The number of nitrogens with one attached hydrogen (secondary N) is 2. The van der Waals surface area contributed by atoms with Crippen LogP contribution in [0.2, 0.25) is 0 Å². The molecule has 0 saturated carbocycles. The predicted octanol–water partition coefficient (Wildman–Crippen LogP) is 2.83. The standard InChI is InChI=1S/C22H27F2N3O2/c23-19-12-18(13-20(24)14-19)6-9-25-21(28)26-16-22(29)7-10-27(11-8-22)15-17-4-2-1-3-5-17/h1-5,12-14,29H,6-11,15-16H2,(H2,25,26,28). The van der Waals surface area contributed by atoms with Crippen LogP contribution in [0.1, 0.15) is 24.0 Å². The van der Waals surface area contributed by atoms with Crippen molar-refractivity contribution in [2.45, 2.75) is 31.4 Å². The van der Waals surface area contributed by atoms with E-state index in [0.717, 1.165) is 25.7 Å². The predicted molar refractivity (Wildman–Crippen MR) is 107 cm³/mol. The zero-order valence-electron chi connectivity index (χ0n) is 16.3. The Morgan fingerprint density at radius 1 is 1.00 bits per heavy atom. The summed E-state index contributed by atoms with van der Waals surface area (Å²) in [7, 11) is 0. The second-order valence-corrected chi connectivity index (χ2v) is 7.62. The molecule has 0 aromatic heterocycles. The van der Waals surface area contributed by atoms with Crippen LogP contribution < -0.4 is 10.6 Å². The molecule has 156 valence electrons. The highest BCUT2D eigenvalue weighted by Crippen LogP contribution is 2.22. The van der Waals surface area contributed by atoms with Gasteiger partial charge in [0.15, 0.2) is 0 Å². The first-order valence-corrected chi connectivity index (χ1v) is 9.87. The molecule has 0 spiro atoms. The number of aliphatic hydroxyl groups is 1. The Morgan fingerprint density at radius 3 is 2.31 bits per heavy atom. The van der Waals surface area contributed by atoms with Crippen molar-refractivity contribution in [3.8, 4) is 0 Å². The fraction of sp³-hybridized carbons (Fsp3) is 0.409. The molecule has 1 aliphatic rings. The van der Waals surface area contributed by atoms with Gasteiger partial charge in [-0.2, -0.15) is 0 Å². The van der Waals surface area contributed by atoms with Gasteiger partial charge in [-0.25, -0.2) is 13.6 Å². The molecule has 0 unspecified atom stereocenters. The van der Waals surface area contributed by atoms with Crippen LogP contribution in [-0.4, -0.2) is 47.8 Å². The van der Waals surface area contributed by atoms with Crippen molar-refractivity contribution in [3.63, 3.8) is 0 Å². The number of amides is 2. The van der Waals surface area contributed by atoms with Gasteiger partial charge in [-0.1, -0.05) is 30.3 Å². The first-order valence-electron chi connectivity index (χ1n) is 9.87. The Bertz CT molecular complexity index is 789. The smallest absolute Gasteiger partial charge is 0.314 e. The lowest BCUT2D eigenvalue weighted by Gasteiger charge is -2.38. The maximum Gasteiger partial charge on any atom is 0.314 e. The Hall–Kier alpha value is -2.51. The minimum atomic E-state index is -0.920. The van der Waals surface area contributed by atoms with Gasteiger partial charge in [0, 0.05) is 38.8 Å². The molecule has 1 heterocycles. The van der Waals surface area contributed by atoms with Crippen LogP contribution in [-0.2, 0) is 13.0 Å². The van der Waals surface area contributed by atoms with E-state index in [4.69, 9.17) is 0 Å². The number of carbonyl (C=O) groups excluding carboxylic acids is 1. The van der Waals surface area contributed by atoms with E-state index in [-0.39, 0.29) is 13.1 Å². The summed E-state index contributed by atoms with van der Waals surface area (Å²) in [5.41, 5.74) is 0.803. The van der Waals surface area contributed by atoms with Crippen LogP contribution in [0.15, 0.2) is 48.5 Å². The van der Waals surface area contributed by atoms with Gasteiger partial charge in [0.1, 0.15) is 11.6 Å². The molecule has 0 radical (unpaired) electrons. The van der Waals surface area contributed by atoms with Gasteiger partial charge in [-0.15, -0.1) is 0 Å². The lowest BCUT2D eigenvalue weighted by Crippen LogP contribution is -2.52. The molecule has 1 aliphatic heterocycles. The fourth-order valence-corrected chi connectivity index (χ4v) is 3.53. The lowest BCUT2D eigenvalue weighted by molar-refractivity contribution is -0.0197. The summed E-state index contributed by atoms with van der Waals surface area (Å²) in [5, 5.41) is 16.1. The number of benzene rings is 2. The van der Waals surface area contributed by atoms with Crippen LogP contribution in [0.25, 0.3) is 0 Å². The minimum absolute atomic E-state index is 0.173. The van der Waals surface area contributed by atoms with Crippen molar-refractivity contribution in [1.29, 1.82) is 0 Å².